The summed E-state index contributed by atoms with van der Waals surface area (Å²) in [6.07, 6.45) is 3.03. The zero-order chi connectivity index (χ0) is 24.0. The van der Waals surface area contributed by atoms with Crippen LogP contribution >= 0.6 is 0 Å². The number of para-hydroxylation sites is 1. The molecule has 3 aromatic heterocycles. The fourth-order valence-electron chi connectivity index (χ4n) is 3.91. The number of rotatable bonds is 9. The molecule has 1 N–H and O–H groups in total. The average Bonchev–Trinajstić information content (AvgIpc) is 3.66. The van der Waals surface area contributed by atoms with Crippen molar-refractivity contribution < 1.29 is 18.4 Å². The molecule has 5 aromatic rings. The first-order valence-corrected chi connectivity index (χ1v) is 11.1. The van der Waals surface area contributed by atoms with Crippen LogP contribution in [-0.4, -0.2) is 31.7 Å². The quantitative estimate of drug-likeness (QED) is 0.353. The summed E-state index contributed by atoms with van der Waals surface area (Å²) in [5.74, 6) is 0.268. The Labute approximate surface area is 200 Å². The molecule has 0 unspecified atom stereocenters. The summed E-state index contributed by atoms with van der Waals surface area (Å²) in [4.78, 5) is 28.7. The molecule has 0 aliphatic heterocycles. The Morgan fingerprint density at radius 2 is 1.69 bits per heavy atom. The molecule has 2 amide bonds. The van der Waals surface area contributed by atoms with Gasteiger partial charge in [-0.1, -0.05) is 47.7 Å². The fraction of sp³-hybridized carbons (Fsp3) is 0.154. The molecule has 0 fully saturated rings. The lowest BCUT2D eigenvalue weighted by molar-refractivity contribution is -0.143. The molecule has 35 heavy (non-hydrogen) atoms. The van der Waals surface area contributed by atoms with Crippen LogP contribution in [0.15, 0.2) is 100 Å². The van der Waals surface area contributed by atoms with Crippen LogP contribution in [0.4, 0.5) is 0 Å². The Kier molecular flexibility index (Phi) is 6.38. The predicted molar refractivity (Wildman–Crippen MR) is 127 cm³/mol. The first kappa shape index (κ1) is 22.1. The largest absolute Gasteiger partial charge is 0.467 e. The molecule has 0 aliphatic rings. The molecule has 5 rings (SSSR count). The van der Waals surface area contributed by atoms with Crippen LogP contribution in [0, 0.1) is 0 Å². The SMILES string of the molecule is O=C(NCc1ccco1)[C@@H](c1ccco1)N(Cc1ccccc1)C(=O)Cn1nnc2ccccc21. The van der Waals surface area contributed by atoms with Gasteiger partial charge in [0.25, 0.3) is 5.91 Å². The van der Waals surface area contributed by atoms with Gasteiger partial charge in [-0.05, 0) is 42.0 Å². The van der Waals surface area contributed by atoms with Crippen LogP contribution in [0.1, 0.15) is 23.1 Å². The van der Waals surface area contributed by atoms with Gasteiger partial charge in [-0.15, -0.1) is 5.10 Å². The number of nitrogens with one attached hydrogen (secondary N) is 1. The number of fused-ring (bicyclic) bond motifs is 1. The highest BCUT2D eigenvalue weighted by Crippen LogP contribution is 2.25. The normalized spacial score (nSPS) is 11.9. The third kappa shape index (κ3) is 4.98. The molecule has 0 bridgehead atoms. The molecule has 9 nitrogen and oxygen atoms in total. The van der Waals surface area contributed by atoms with Crippen molar-refractivity contribution in [1.82, 2.24) is 25.2 Å². The minimum atomic E-state index is -0.998. The molecule has 1 atom stereocenters. The van der Waals surface area contributed by atoms with Gasteiger partial charge < -0.3 is 19.1 Å². The fourth-order valence-corrected chi connectivity index (χ4v) is 3.91. The number of carbonyl (C=O) groups excluding carboxylic acids is 2. The Bertz CT molecular complexity index is 1390. The van der Waals surface area contributed by atoms with E-state index in [1.54, 1.807) is 30.5 Å². The van der Waals surface area contributed by atoms with Crippen molar-refractivity contribution >= 4 is 22.8 Å². The van der Waals surface area contributed by atoms with Crippen molar-refractivity contribution in [2.45, 2.75) is 25.7 Å². The Hall–Kier alpha value is -4.66. The lowest BCUT2D eigenvalue weighted by Crippen LogP contribution is -2.44. The molecular weight excluding hydrogens is 446 g/mol. The van der Waals surface area contributed by atoms with E-state index in [-0.39, 0.29) is 31.4 Å². The Morgan fingerprint density at radius 3 is 2.46 bits per heavy atom. The minimum absolute atomic E-state index is 0.0873. The lowest BCUT2D eigenvalue weighted by Gasteiger charge is -2.30. The maximum atomic E-state index is 13.7. The van der Waals surface area contributed by atoms with E-state index in [9.17, 15) is 9.59 Å². The molecule has 2 aromatic carbocycles. The van der Waals surface area contributed by atoms with Crippen molar-refractivity contribution in [3.63, 3.8) is 0 Å². The topological polar surface area (TPSA) is 106 Å². The second kappa shape index (κ2) is 10.1. The van der Waals surface area contributed by atoms with Gasteiger partial charge in [0.1, 0.15) is 23.6 Å². The van der Waals surface area contributed by atoms with Crippen molar-refractivity contribution in [3.8, 4) is 0 Å². The number of furan rings is 2. The van der Waals surface area contributed by atoms with Gasteiger partial charge in [-0.3, -0.25) is 9.59 Å². The second-order valence-corrected chi connectivity index (χ2v) is 7.96. The summed E-state index contributed by atoms with van der Waals surface area (Å²) in [6.45, 7) is 0.298. The van der Waals surface area contributed by atoms with E-state index in [1.807, 2.05) is 54.6 Å². The maximum Gasteiger partial charge on any atom is 0.251 e. The Morgan fingerprint density at radius 1 is 0.914 bits per heavy atom. The van der Waals surface area contributed by atoms with Gasteiger partial charge in [0.15, 0.2) is 6.04 Å². The molecule has 0 saturated carbocycles. The van der Waals surface area contributed by atoms with Crippen LogP contribution in [-0.2, 0) is 29.2 Å². The van der Waals surface area contributed by atoms with Crippen LogP contribution < -0.4 is 5.32 Å². The maximum absolute atomic E-state index is 13.7. The zero-order valence-electron chi connectivity index (χ0n) is 18.8. The highest BCUT2D eigenvalue weighted by Gasteiger charge is 2.34. The number of nitrogens with zero attached hydrogens (tertiary/aromatic N) is 4. The Balaban J connectivity index is 1.47. The van der Waals surface area contributed by atoms with Gasteiger partial charge in [0, 0.05) is 6.54 Å². The molecule has 0 aliphatic carbocycles. The van der Waals surface area contributed by atoms with E-state index in [1.165, 1.54) is 15.8 Å². The summed E-state index contributed by atoms with van der Waals surface area (Å²) in [5.41, 5.74) is 2.30. The van der Waals surface area contributed by atoms with Crippen LogP contribution in [0.2, 0.25) is 0 Å². The van der Waals surface area contributed by atoms with Gasteiger partial charge in [-0.25, -0.2) is 4.68 Å². The van der Waals surface area contributed by atoms with Crippen molar-refractivity contribution in [3.05, 3.63) is 108 Å². The highest BCUT2D eigenvalue weighted by atomic mass is 16.3. The summed E-state index contributed by atoms with van der Waals surface area (Å²) in [7, 11) is 0. The number of carbonyl (C=O) groups is 2. The van der Waals surface area contributed by atoms with Gasteiger partial charge in [-0.2, -0.15) is 0 Å². The number of hydrogen-bond donors (Lipinski definition) is 1. The van der Waals surface area contributed by atoms with Crippen molar-refractivity contribution in [1.29, 1.82) is 0 Å². The highest BCUT2D eigenvalue weighted by molar-refractivity contribution is 5.88. The van der Waals surface area contributed by atoms with Crippen LogP contribution in [0.5, 0.6) is 0 Å². The van der Waals surface area contributed by atoms with E-state index >= 15 is 0 Å². The molecule has 9 heteroatoms. The second-order valence-electron chi connectivity index (χ2n) is 7.96. The molecular formula is C26H23N5O4. The standard InChI is InChI=1S/C26H23N5O4/c32-24(18-31-22-12-5-4-11-21(22)28-29-31)30(17-19-8-2-1-3-9-19)25(23-13-7-15-35-23)26(33)27-16-20-10-6-14-34-20/h1-15,25H,16-18H2,(H,27,33)/t25-/m1/s1. The third-order valence-electron chi connectivity index (χ3n) is 5.61. The van der Waals surface area contributed by atoms with Gasteiger partial charge in [0.2, 0.25) is 5.91 Å². The summed E-state index contributed by atoms with van der Waals surface area (Å²) in [5, 5.41) is 11.1. The van der Waals surface area contributed by atoms with E-state index in [4.69, 9.17) is 8.83 Å². The van der Waals surface area contributed by atoms with E-state index in [2.05, 4.69) is 15.6 Å². The third-order valence-corrected chi connectivity index (χ3v) is 5.61. The average molecular weight is 470 g/mol. The minimum Gasteiger partial charge on any atom is -0.467 e. The van der Waals surface area contributed by atoms with Crippen LogP contribution in [0.3, 0.4) is 0 Å². The lowest BCUT2D eigenvalue weighted by atomic mass is 10.1. The molecule has 0 saturated heterocycles. The molecule has 3 heterocycles. The molecule has 0 spiro atoms. The van der Waals surface area contributed by atoms with E-state index < -0.39 is 6.04 Å². The van der Waals surface area contributed by atoms with Crippen molar-refractivity contribution in [2.75, 3.05) is 0 Å². The molecule has 176 valence electrons. The number of benzene rings is 2. The number of hydrogen-bond acceptors (Lipinski definition) is 6. The first-order chi connectivity index (χ1) is 17.2. The van der Waals surface area contributed by atoms with Crippen molar-refractivity contribution in [2.24, 2.45) is 0 Å². The van der Waals surface area contributed by atoms with E-state index in [0.29, 0.717) is 17.0 Å². The zero-order valence-corrected chi connectivity index (χ0v) is 18.8. The number of aromatic nitrogens is 3. The smallest absolute Gasteiger partial charge is 0.251 e. The number of amides is 2. The monoisotopic (exact) mass is 469 g/mol. The summed E-state index contributed by atoms with van der Waals surface area (Å²) >= 11 is 0. The van der Waals surface area contributed by atoms with E-state index in [0.717, 1.165) is 11.1 Å². The van der Waals surface area contributed by atoms with Gasteiger partial charge in [0.05, 0.1) is 24.6 Å². The van der Waals surface area contributed by atoms with Gasteiger partial charge >= 0.3 is 0 Å². The molecule has 0 radical (unpaired) electrons. The van der Waals surface area contributed by atoms with Crippen LogP contribution in [0.25, 0.3) is 11.0 Å². The summed E-state index contributed by atoms with van der Waals surface area (Å²) in [6, 6.07) is 22.8. The summed E-state index contributed by atoms with van der Waals surface area (Å²) < 4.78 is 12.5. The first-order valence-electron chi connectivity index (χ1n) is 11.1. The predicted octanol–water partition coefficient (Wildman–Crippen LogP) is 3.70.